The Bertz CT molecular complexity index is 421. The SMILES string of the molecule is CC(C)C(C#N)NC(=O)c1ccccc1O. The number of carbonyl (C=O) groups is 1. The van der Waals surface area contributed by atoms with Crippen molar-refractivity contribution in [2.45, 2.75) is 19.9 Å². The molecule has 16 heavy (non-hydrogen) atoms. The van der Waals surface area contributed by atoms with E-state index < -0.39 is 11.9 Å². The van der Waals surface area contributed by atoms with Gasteiger partial charge in [-0.05, 0) is 18.1 Å². The van der Waals surface area contributed by atoms with Gasteiger partial charge in [-0.3, -0.25) is 4.79 Å². The highest BCUT2D eigenvalue weighted by atomic mass is 16.3. The van der Waals surface area contributed by atoms with Crippen molar-refractivity contribution < 1.29 is 9.90 Å². The molecule has 0 aliphatic carbocycles. The van der Waals surface area contributed by atoms with Gasteiger partial charge in [-0.25, -0.2) is 0 Å². The molecule has 1 atom stereocenters. The van der Waals surface area contributed by atoms with Crippen LogP contribution in [0, 0.1) is 17.2 Å². The standard InChI is InChI=1S/C12H14N2O2/c1-8(2)10(7-13)14-12(16)9-5-3-4-6-11(9)15/h3-6,8,10,15H,1-2H3,(H,14,16). The number of benzene rings is 1. The highest BCUT2D eigenvalue weighted by molar-refractivity contribution is 5.97. The van der Waals surface area contributed by atoms with Gasteiger partial charge in [-0.2, -0.15) is 5.26 Å². The molecule has 0 heterocycles. The molecule has 0 saturated carbocycles. The van der Waals surface area contributed by atoms with Crippen LogP contribution < -0.4 is 5.32 Å². The second-order valence-electron chi connectivity index (χ2n) is 3.84. The van der Waals surface area contributed by atoms with Crippen molar-refractivity contribution in [3.8, 4) is 11.8 Å². The Kier molecular flexibility index (Phi) is 3.90. The molecule has 0 bridgehead atoms. The third kappa shape index (κ3) is 2.74. The third-order valence-corrected chi connectivity index (χ3v) is 2.24. The fourth-order valence-corrected chi connectivity index (χ4v) is 1.23. The van der Waals surface area contributed by atoms with Crippen molar-refractivity contribution in [1.29, 1.82) is 5.26 Å². The van der Waals surface area contributed by atoms with Crippen LogP contribution in [0.3, 0.4) is 0 Å². The van der Waals surface area contributed by atoms with Crippen molar-refractivity contribution in [3.63, 3.8) is 0 Å². The highest BCUT2D eigenvalue weighted by Gasteiger charge is 2.17. The van der Waals surface area contributed by atoms with Gasteiger partial charge in [-0.1, -0.05) is 26.0 Å². The molecular formula is C12H14N2O2. The molecule has 0 aromatic heterocycles. The smallest absolute Gasteiger partial charge is 0.256 e. The van der Waals surface area contributed by atoms with Crippen LogP contribution in [0.25, 0.3) is 0 Å². The van der Waals surface area contributed by atoms with Gasteiger partial charge in [0, 0.05) is 0 Å². The molecular weight excluding hydrogens is 204 g/mol. The van der Waals surface area contributed by atoms with E-state index in [0.717, 1.165) is 0 Å². The van der Waals surface area contributed by atoms with E-state index >= 15 is 0 Å². The first-order chi connectivity index (χ1) is 7.56. The number of nitrogens with one attached hydrogen (secondary N) is 1. The summed E-state index contributed by atoms with van der Waals surface area (Å²) in [4.78, 5) is 11.7. The monoisotopic (exact) mass is 218 g/mol. The predicted octanol–water partition coefficient (Wildman–Crippen LogP) is 1.67. The van der Waals surface area contributed by atoms with Gasteiger partial charge >= 0.3 is 0 Å². The zero-order chi connectivity index (χ0) is 12.1. The minimum absolute atomic E-state index is 0.0276. The van der Waals surface area contributed by atoms with Crippen LogP contribution in [0.4, 0.5) is 0 Å². The van der Waals surface area contributed by atoms with E-state index in [1.807, 2.05) is 19.9 Å². The van der Waals surface area contributed by atoms with E-state index in [9.17, 15) is 9.90 Å². The lowest BCUT2D eigenvalue weighted by Crippen LogP contribution is -2.37. The van der Waals surface area contributed by atoms with Crippen molar-refractivity contribution in [3.05, 3.63) is 29.8 Å². The van der Waals surface area contributed by atoms with Gasteiger partial charge in [-0.15, -0.1) is 0 Å². The Hall–Kier alpha value is -2.02. The fourth-order valence-electron chi connectivity index (χ4n) is 1.23. The summed E-state index contributed by atoms with van der Waals surface area (Å²) in [6.07, 6.45) is 0. The van der Waals surface area contributed by atoms with Crippen LogP contribution in [0.2, 0.25) is 0 Å². The van der Waals surface area contributed by atoms with Crippen LogP contribution >= 0.6 is 0 Å². The zero-order valence-electron chi connectivity index (χ0n) is 9.27. The molecule has 1 amide bonds. The largest absolute Gasteiger partial charge is 0.507 e. The van der Waals surface area contributed by atoms with Gasteiger partial charge in [0.25, 0.3) is 5.91 Å². The average molecular weight is 218 g/mol. The van der Waals surface area contributed by atoms with Crippen molar-refractivity contribution in [1.82, 2.24) is 5.32 Å². The Morgan fingerprint density at radius 1 is 1.44 bits per heavy atom. The van der Waals surface area contributed by atoms with Crippen molar-refractivity contribution in [2.24, 2.45) is 5.92 Å². The number of aromatic hydroxyl groups is 1. The summed E-state index contributed by atoms with van der Waals surface area (Å²) in [5.41, 5.74) is 0.184. The topological polar surface area (TPSA) is 73.1 Å². The van der Waals surface area contributed by atoms with Gasteiger partial charge in [0.2, 0.25) is 0 Å². The minimum atomic E-state index is -0.549. The number of carbonyl (C=O) groups excluding carboxylic acids is 1. The second-order valence-corrected chi connectivity index (χ2v) is 3.84. The van der Waals surface area contributed by atoms with Crippen LogP contribution in [0.15, 0.2) is 24.3 Å². The first-order valence-electron chi connectivity index (χ1n) is 5.04. The summed E-state index contributed by atoms with van der Waals surface area (Å²) in [6, 6.07) is 7.70. The molecule has 0 radical (unpaired) electrons. The van der Waals surface area contributed by atoms with Crippen LogP contribution in [0.1, 0.15) is 24.2 Å². The second kappa shape index (κ2) is 5.17. The number of para-hydroxylation sites is 1. The highest BCUT2D eigenvalue weighted by Crippen LogP contribution is 2.15. The number of nitrogens with zero attached hydrogens (tertiary/aromatic N) is 1. The van der Waals surface area contributed by atoms with Gasteiger partial charge in [0.1, 0.15) is 11.8 Å². The summed E-state index contributed by atoms with van der Waals surface area (Å²) in [6.45, 7) is 3.69. The van der Waals surface area contributed by atoms with E-state index in [4.69, 9.17) is 5.26 Å². The van der Waals surface area contributed by atoms with E-state index in [1.165, 1.54) is 12.1 Å². The molecule has 0 saturated heterocycles. The van der Waals surface area contributed by atoms with Gasteiger partial charge < -0.3 is 10.4 Å². The lowest BCUT2D eigenvalue weighted by atomic mass is 10.1. The number of phenolic OH excluding ortho intramolecular Hbond substituents is 1. The minimum Gasteiger partial charge on any atom is -0.507 e. The van der Waals surface area contributed by atoms with Crippen LogP contribution in [0.5, 0.6) is 5.75 Å². The Labute approximate surface area is 94.5 Å². The van der Waals surface area contributed by atoms with E-state index in [0.29, 0.717) is 0 Å². The molecule has 0 aliphatic heterocycles. The maximum absolute atomic E-state index is 11.7. The molecule has 1 rings (SSSR count). The Balaban J connectivity index is 2.81. The Morgan fingerprint density at radius 2 is 2.06 bits per heavy atom. The average Bonchev–Trinajstić information content (AvgIpc) is 2.25. The first kappa shape index (κ1) is 12.1. The third-order valence-electron chi connectivity index (χ3n) is 2.24. The van der Waals surface area contributed by atoms with Gasteiger partial charge in [0.15, 0.2) is 0 Å². The lowest BCUT2D eigenvalue weighted by molar-refractivity contribution is 0.0935. The molecule has 84 valence electrons. The first-order valence-corrected chi connectivity index (χ1v) is 5.04. The number of hydrogen-bond donors (Lipinski definition) is 2. The van der Waals surface area contributed by atoms with Crippen LogP contribution in [-0.2, 0) is 0 Å². The van der Waals surface area contributed by atoms with Crippen molar-refractivity contribution in [2.75, 3.05) is 0 Å². The predicted molar refractivity (Wildman–Crippen MR) is 59.8 cm³/mol. The molecule has 4 heteroatoms. The number of nitriles is 1. The number of phenols is 1. The molecule has 0 fully saturated rings. The molecule has 4 nitrogen and oxygen atoms in total. The normalized spacial score (nSPS) is 11.9. The van der Waals surface area contributed by atoms with Gasteiger partial charge in [0.05, 0.1) is 11.6 Å². The number of hydrogen-bond acceptors (Lipinski definition) is 3. The summed E-state index contributed by atoms with van der Waals surface area (Å²) in [7, 11) is 0. The fraction of sp³-hybridized carbons (Fsp3) is 0.333. The quantitative estimate of drug-likeness (QED) is 0.810. The molecule has 1 aromatic rings. The van der Waals surface area contributed by atoms with E-state index in [2.05, 4.69) is 5.32 Å². The van der Waals surface area contributed by atoms with Crippen molar-refractivity contribution >= 4 is 5.91 Å². The maximum Gasteiger partial charge on any atom is 0.256 e. The maximum atomic E-state index is 11.7. The molecule has 0 spiro atoms. The summed E-state index contributed by atoms with van der Waals surface area (Å²) in [5.74, 6) is -0.487. The Morgan fingerprint density at radius 3 is 2.56 bits per heavy atom. The summed E-state index contributed by atoms with van der Waals surface area (Å²) in [5, 5.41) is 20.9. The molecule has 2 N–H and O–H groups in total. The number of amides is 1. The molecule has 1 unspecified atom stereocenters. The molecule has 0 aliphatic rings. The zero-order valence-corrected chi connectivity index (χ0v) is 9.27. The summed E-state index contributed by atoms with van der Waals surface area (Å²) < 4.78 is 0. The summed E-state index contributed by atoms with van der Waals surface area (Å²) >= 11 is 0. The van der Waals surface area contributed by atoms with E-state index in [1.54, 1.807) is 12.1 Å². The lowest BCUT2D eigenvalue weighted by Gasteiger charge is -2.15. The van der Waals surface area contributed by atoms with Crippen LogP contribution in [-0.4, -0.2) is 17.1 Å². The molecule has 1 aromatic carbocycles. The number of rotatable bonds is 3. The van der Waals surface area contributed by atoms with E-state index in [-0.39, 0.29) is 17.2 Å².